The summed E-state index contributed by atoms with van der Waals surface area (Å²) in [6.07, 6.45) is 4.58. The number of hydrogen-bond donors (Lipinski definition) is 2. The van der Waals surface area contributed by atoms with Gasteiger partial charge in [0.1, 0.15) is 17.8 Å². The minimum absolute atomic E-state index is 0.279. The number of pyridine rings is 1. The third kappa shape index (κ3) is 3.64. The molecule has 0 spiro atoms. The Morgan fingerprint density at radius 3 is 2.11 bits per heavy atom. The van der Waals surface area contributed by atoms with E-state index >= 15 is 0 Å². The molecule has 4 rings (SSSR count). The highest BCUT2D eigenvalue weighted by Crippen LogP contribution is 2.32. The van der Waals surface area contributed by atoms with Crippen LogP contribution in [0.15, 0.2) is 30.7 Å². The zero-order valence-electron chi connectivity index (χ0n) is 15.7. The van der Waals surface area contributed by atoms with Crippen LogP contribution < -0.4 is 20.4 Å². The molecular weight excluding hydrogens is 358 g/mol. The van der Waals surface area contributed by atoms with Crippen LogP contribution in [0.4, 0.5) is 23.1 Å². The van der Waals surface area contributed by atoms with E-state index in [0.29, 0.717) is 37.4 Å². The number of aromatic nitrogens is 3. The lowest BCUT2D eigenvalue weighted by molar-refractivity contribution is -0.142. The van der Waals surface area contributed by atoms with Gasteiger partial charge in [-0.15, -0.1) is 0 Å². The summed E-state index contributed by atoms with van der Waals surface area (Å²) in [5, 5.41) is 9.18. The summed E-state index contributed by atoms with van der Waals surface area (Å²) >= 11 is 0. The summed E-state index contributed by atoms with van der Waals surface area (Å²) in [5.74, 6) is 1.45. The molecule has 0 radical (unpaired) electrons. The molecular formula is C19H25N7O2. The molecule has 28 heavy (non-hydrogen) atoms. The standard InChI is InChI=1S/C19H25N7O2/c20-16-17(25-7-4-14(5-8-25)19(27)28)22-13-23-18(16)26-11-9-24(10-12-26)15-3-1-2-6-21-15/h1-3,6,13-14H,4-5,7-12,20H2,(H,27,28). The molecule has 2 aromatic rings. The van der Waals surface area contributed by atoms with Crippen molar-refractivity contribution in [3.8, 4) is 0 Å². The number of nitrogens with two attached hydrogens (primary N) is 1. The van der Waals surface area contributed by atoms with Crippen LogP contribution in [-0.4, -0.2) is 65.3 Å². The van der Waals surface area contributed by atoms with Gasteiger partial charge in [-0.2, -0.15) is 0 Å². The Balaban J connectivity index is 1.44. The predicted molar refractivity (Wildman–Crippen MR) is 108 cm³/mol. The van der Waals surface area contributed by atoms with Gasteiger partial charge in [-0.25, -0.2) is 15.0 Å². The van der Waals surface area contributed by atoms with E-state index in [2.05, 4.69) is 29.7 Å². The molecule has 0 amide bonds. The summed E-state index contributed by atoms with van der Waals surface area (Å²) in [6, 6.07) is 5.94. The first-order valence-electron chi connectivity index (χ1n) is 9.62. The second-order valence-electron chi connectivity index (χ2n) is 7.20. The fraction of sp³-hybridized carbons (Fsp3) is 0.474. The zero-order valence-corrected chi connectivity index (χ0v) is 15.7. The van der Waals surface area contributed by atoms with Gasteiger partial charge in [-0.05, 0) is 25.0 Å². The number of rotatable bonds is 4. The first-order chi connectivity index (χ1) is 13.6. The maximum absolute atomic E-state index is 11.2. The SMILES string of the molecule is Nc1c(N2CCC(C(=O)O)CC2)ncnc1N1CCN(c2ccccn2)CC1. The molecule has 2 fully saturated rings. The van der Waals surface area contributed by atoms with E-state index in [9.17, 15) is 9.90 Å². The van der Waals surface area contributed by atoms with Crippen LogP contribution in [-0.2, 0) is 4.79 Å². The van der Waals surface area contributed by atoms with E-state index in [1.54, 1.807) is 6.33 Å². The molecule has 0 aliphatic carbocycles. The van der Waals surface area contributed by atoms with Crippen LogP contribution >= 0.6 is 0 Å². The molecule has 0 unspecified atom stereocenters. The largest absolute Gasteiger partial charge is 0.481 e. The van der Waals surface area contributed by atoms with Crippen molar-refractivity contribution >= 4 is 29.1 Å². The number of nitrogen functional groups attached to an aromatic ring is 1. The first kappa shape index (κ1) is 18.3. The highest BCUT2D eigenvalue weighted by Gasteiger charge is 2.28. The Bertz CT molecular complexity index is 816. The van der Waals surface area contributed by atoms with Gasteiger partial charge in [0.15, 0.2) is 11.6 Å². The van der Waals surface area contributed by atoms with Crippen LogP contribution in [0.1, 0.15) is 12.8 Å². The minimum Gasteiger partial charge on any atom is -0.481 e. The van der Waals surface area contributed by atoms with E-state index < -0.39 is 5.97 Å². The van der Waals surface area contributed by atoms with Gasteiger partial charge >= 0.3 is 5.97 Å². The summed E-state index contributed by atoms with van der Waals surface area (Å²) in [6.45, 7) is 4.59. The van der Waals surface area contributed by atoms with Gasteiger partial charge in [0.25, 0.3) is 0 Å². The van der Waals surface area contributed by atoms with E-state index in [1.165, 1.54) is 0 Å². The molecule has 2 saturated heterocycles. The van der Waals surface area contributed by atoms with E-state index in [1.807, 2.05) is 24.4 Å². The van der Waals surface area contributed by atoms with E-state index in [0.717, 1.165) is 37.8 Å². The monoisotopic (exact) mass is 383 g/mol. The molecule has 2 aliphatic rings. The summed E-state index contributed by atoms with van der Waals surface area (Å²) in [4.78, 5) is 30.9. The second-order valence-corrected chi connectivity index (χ2v) is 7.20. The maximum Gasteiger partial charge on any atom is 0.306 e. The zero-order chi connectivity index (χ0) is 19.5. The minimum atomic E-state index is -0.721. The average molecular weight is 383 g/mol. The molecule has 0 atom stereocenters. The van der Waals surface area contributed by atoms with Crippen molar-refractivity contribution in [2.24, 2.45) is 5.92 Å². The van der Waals surface area contributed by atoms with Crippen molar-refractivity contribution in [3.05, 3.63) is 30.7 Å². The molecule has 0 bridgehead atoms. The lowest BCUT2D eigenvalue weighted by Gasteiger charge is -2.37. The number of carboxylic acid groups (broad SMARTS) is 1. The normalized spacial score (nSPS) is 18.4. The number of piperazine rings is 1. The number of nitrogens with zero attached hydrogens (tertiary/aromatic N) is 6. The molecule has 9 heteroatoms. The van der Waals surface area contributed by atoms with Gasteiger partial charge in [0, 0.05) is 45.5 Å². The third-order valence-electron chi connectivity index (χ3n) is 5.54. The Kier molecular flexibility index (Phi) is 5.14. The molecule has 2 aliphatic heterocycles. The molecule has 2 aromatic heterocycles. The molecule has 0 aromatic carbocycles. The highest BCUT2D eigenvalue weighted by molar-refractivity contribution is 5.76. The fourth-order valence-electron chi connectivity index (χ4n) is 3.91. The lowest BCUT2D eigenvalue weighted by atomic mass is 9.97. The Labute approximate surface area is 163 Å². The van der Waals surface area contributed by atoms with E-state index in [-0.39, 0.29) is 5.92 Å². The second kappa shape index (κ2) is 7.87. The molecule has 148 valence electrons. The first-order valence-corrected chi connectivity index (χ1v) is 9.62. The Hall–Kier alpha value is -3.10. The van der Waals surface area contributed by atoms with Gasteiger partial charge in [0.2, 0.25) is 0 Å². The van der Waals surface area contributed by atoms with Crippen LogP contribution in [0, 0.1) is 5.92 Å². The van der Waals surface area contributed by atoms with Crippen LogP contribution in [0.5, 0.6) is 0 Å². The molecule has 4 heterocycles. The number of hydrogen-bond acceptors (Lipinski definition) is 8. The van der Waals surface area contributed by atoms with Gasteiger partial charge in [-0.3, -0.25) is 4.79 Å². The topological polar surface area (TPSA) is 112 Å². The number of anilines is 4. The van der Waals surface area contributed by atoms with Gasteiger partial charge in [-0.1, -0.05) is 6.07 Å². The molecule has 9 nitrogen and oxygen atoms in total. The number of piperidine rings is 1. The predicted octanol–water partition coefficient (Wildman–Crippen LogP) is 1.08. The van der Waals surface area contributed by atoms with Crippen molar-refractivity contribution in [3.63, 3.8) is 0 Å². The number of carboxylic acids is 1. The van der Waals surface area contributed by atoms with Gasteiger partial charge < -0.3 is 25.5 Å². The van der Waals surface area contributed by atoms with Crippen molar-refractivity contribution in [1.29, 1.82) is 0 Å². The number of carbonyl (C=O) groups is 1. The van der Waals surface area contributed by atoms with E-state index in [4.69, 9.17) is 5.73 Å². The average Bonchev–Trinajstić information content (AvgIpc) is 2.75. The Morgan fingerprint density at radius 1 is 0.929 bits per heavy atom. The molecule has 3 N–H and O–H groups in total. The number of aliphatic carboxylic acids is 1. The van der Waals surface area contributed by atoms with Crippen molar-refractivity contribution in [2.45, 2.75) is 12.8 Å². The quantitative estimate of drug-likeness (QED) is 0.801. The fourth-order valence-corrected chi connectivity index (χ4v) is 3.91. The smallest absolute Gasteiger partial charge is 0.306 e. The molecule has 0 saturated carbocycles. The lowest BCUT2D eigenvalue weighted by Crippen LogP contribution is -2.47. The Morgan fingerprint density at radius 2 is 1.54 bits per heavy atom. The van der Waals surface area contributed by atoms with Crippen molar-refractivity contribution in [2.75, 3.05) is 59.7 Å². The van der Waals surface area contributed by atoms with Crippen LogP contribution in [0.2, 0.25) is 0 Å². The third-order valence-corrected chi connectivity index (χ3v) is 5.54. The summed E-state index contributed by atoms with van der Waals surface area (Å²) in [7, 11) is 0. The van der Waals surface area contributed by atoms with Crippen molar-refractivity contribution in [1.82, 2.24) is 15.0 Å². The summed E-state index contributed by atoms with van der Waals surface area (Å²) in [5.41, 5.74) is 7.01. The maximum atomic E-state index is 11.2. The van der Waals surface area contributed by atoms with Crippen LogP contribution in [0.3, 0.4) is 0 Å². The van der Waals surface area contributed by atoms with Gasteiger partial charge in [0.05, 0.1) is 5.92 Å². The highest BCUT2D eigenvalue weighted by atomic mass is 16.4. The van der Waals surface area contributed by atoms with Crippen molar-refractivity contribution < 1.29 is 9.90 Å². The summed E-state index contributed by atoms with van der Waals surface area (Å²) < 4.78 is 0. The van der Waals surface area contributed by atoms with Crippen LogP contribution in [0.25, 0.3) is 0 Å².